The van der Waals surface area contributed by atoms with E-state index in [1.54, 1.807) is 24.9 Å². The van der Waals surface area contributed by atoms with Gasteiger partial charge >= 0.3 is 5.97 Å². The molecule has 0 saturated carbocycles. The van der Waals surface area contributed by atoms with Crippen LogP contribution in [0.2, 0.25) is 0 Å². The Bertz CT molecular complexity index is 848. The van der Waals surface area contributed by atoms with Gasteiger partial charge in [0.2, 0.25) is 5.91 Å². The van der Waals surface area contributed by atoms with E-state index >= 15 is 0 Å². The van der Waals surface area contributed by atoms with Crippen molar-refractivity contribution < 1.29 is 19.5 Å². The van der Waals surface area contributed by atoms with Gasteiger partial charge in [-0.25, -0.2) is 9.69 Å². The van der Waals surface area contributed by atoms with E-state index in [4.69, 9.17) is 5.11 Å². The van der Waals surface area contributed by atoms with E-state index < -0.39 is 12.0 Å². The third-order valence-corrected chi connectivity index (χ3v) is 4.45. The smallest absolute Gasteiger partial charge is 0.335 e. The minimum Gasteiger partial charge on any atom is -0.478 e. The van der Waals surface area contributed by atoms with Gasteiger partial charge in [-0.05, 0) is 36.8 Å². The number of carbonyl (C=O) groups excluding carboxylic acids is 2. The van der Waals surface area contributed by atoms with E-state index in [9.17, 15) is 14.4 Å². The van der Waals surface area contributed by atoms with Crippen molar-refractivity contribution in [2.24, 2.45) is 0 Å². The maximum absolute atomic E-state index is 12.9. The van der Waals surface area contributed by atoms with Crippen LogP contribution in [0.15, 0.2) is 48.5 Å². The lowest BCUT2D eigenvalue weighted by molar-refractivity contribution is -0.121. The highest BCUT2D eigenvalue weighted by atomic mass is 16.4. The Morgan fingerprint density at radius 2 is 1.84 bits per heavy atom. The Kier molecular flexibility index (Phi) is 4.27. The summed E-state index contributed by atoms with van der Waals surface area (Å²) in [5, 5.41) is 9.17. The van der Waals surface area contributed by atoms with Crippen LogP contribution in [0.4, 0.5) is 11.4 Å². The summed E-state index contributed by atoms with van der Waals surface area (Å²) >= 11 is 0. The van der Waals surface area contributed by atoms with Gasteiger partial charge in [0, 0.05) is 12.7 Å². The number of carboxylic acids is 1. The number of imide groups is 1. The Morgan fingerprint density at radius 1 is 1.16 bits per heavy atom. The van der Waals surface area contributed by atoms with Crippen LogP contribution in [-0.2, 0) is 9.59 Å². The molecule has 0 bridgehead atoms. The van der Waals surface area contributed by atoms with E-state index in [-0.39, 0.29) is 23.8 Å². The molecular weight excluding hydrogens is 320 g/mol. The first-order valence-corrected chi connectivity index (χ1v) is 7.89. The third-order valence-electron chi connectivity index (χ3n) is 4.45. The molecular formula is C19H18N2O4. The second-order valence-corrected chi connectivity index (χ2v) is 6.04. The number of carboxylic acid groups (broad SMARTS) is 1. The van der Waals surface area contributed by atoms with Crippen LogP contribution in [0, 0.1) is 6.92 Å². The molecule has 128 valence electrons. The maximum Gasteiger partial charge on any atom is 0.335 e. The normalized spacial score (nSPS) is 17.0. The molecule has 1 atom stereocenters. The van der Waals surface area contributed by atoms with Gasteiger partial charge in [0.1, 0.15) is 6.04 Å². The SMILES string of the molecule is Cc1ccc(C(=O)O)cc1N1C(=O)CC(N(C)c2ccccc2)C1=O. The van der Waals surface area contributed by atoms with Gasteiger partial charge in [0.05, 0.1) is 17.7 Å². The van der Waals surface area contributed by atoms with Gasteiger partial charge in [0.25, 0.3) is 5.91 Å². The molecule has 6 heteroatoms. The Hall–Kier alpha value is -3.15. The zero-order chi connectivity index (χ0) is 18.1. The van der Waals surface area contributed by atoms with Gasteiger partial charge in [-0.2, -0.15) is 0 Å². The van der Waals surface area contributed by atoms with Crippen molar-refractivity contribution in [2.45, 2.75) is 19.4 Å². The molecule has 6 nitrogen and oxygen atoms in total. The molecule has 0 aromatic heterocycles. The molecule has 0 aliphatic carbocycles. The van der Waals surface area contributed by atoms with Crippen molar-refractivity contribution in [3.8, 4) is 0 Å². The molecule has 3 rings (SSSR count). The predicted octanol–water partition coefficient (Wildman–Crippen LogP) is 2.46. The van der Waals surface area contributed by atoms with Crippen LogP contribution in [0.1, 0.15) is 22.3 Å². The number of benzene rings is 2. The van der Waals surface area contributed by atoms with Crippen LogP contribution in [-0.4, -0.2) is 36.0 Å². The fourth-order valence-corrected chi connectivity index (χ4v) is 3.00. The van der Waals surface area contributed by atoms with Crippen LogP contribution >= 0.6 is 0 Å². The summed E-state index contributed by atoms with van der Waals surface area (Å²) in [5.41, 5.74) is 1.89. The monoisotopic (exact) mass is 338 g/mol. The number of likely N-dealkylation sites (N-methyl/N-ethyl adjacent to an activating group) is 1. The molecule has 1 saturated heterocycles. The van der Waals surface area contributed by atoms with Crippen molar-refractivity contribution >= 4 is 29.2 Å². The van der Waals surface area contributed by atoms with Crippen LogP contribution in [0.5, 0.6) is 0 Å². The Balaban J connectivity index is 1.95. The van der Waals surface area contributed by atoms with Gasteiger partial charge in [-0.15, -0.1) is 0 Å². The quantitative estimate of drug-likeness (QED) is 0.867. The van der Waals surface area contributed by atoms with Gasteiger partial charge in [0.15, 0.2) is 0 Å². The lowest BCUT2D eigenvalue weighted by atomic mass is 10.1. The van der Waals surface area contributed by atoms with E-state index in [1.165, 1.54) is 12.1 Å². The van der Waals surface area contributed by atoms with Crippen molar-refractivity contribution in [3.63, 3.8) is 0 Å². The number of carbonyl (C=O) groups is 3. The van der Waals surface area contributed by atoms with Crippen molar-refractivity contribution in [2.75, 3.05) is 16.8 Å². The number of amides is 2. The van der Waals surface area contributed by atoms with Crippen LogP contribution < -0.4 is 9.80 Å². The molecule has 0 radical (unpaired) electrons. The fraction of sp³-hybridized carbons (Fsp3) is 0.211. The zero-order valence-electron chi connectivity index (χ0n) is 14.0. The maximum atomic E-state index is 12.9. The number of rotatable bonds is 4. The number of aromatic carboxylic acids is 1. The standard InChI is InChI=1S/C19H18N2O4/c1-12-8-9-13(19(24)25)10-15(12)21-17(22)11-16(18(21)23)20(2)14-6-4-3-5-7-14/h3-10,16H,11H2,1-2H3,(H,24,25). The second kappa shape index (κ2) is 6.39. The summed E-state index contributed by atoms with van der Waals surface area (Å²) < 4.78 is 0. The molecule has 2 aromatic rings. The molecule has 0 spiro atoms. The van der Waals surface area contributed by atoms with Crippen LogP contribution in [0.3, 0.4) is 0 Å². The molecule has 1 N–H and O–H groups in total. The largest absolute Gasteiger partial charge is 0.478 e. The molecule has 1 fully saturated rings. The van der Waals surface area contributed by atoms with E-state index in [1.807, 2.05) is 30.3 Å². The highest BCUT2D eigenvalue weighted by Crippen LogP contribution is 2.30. The summed E-state index contributed by atoms with van der Waals surface area (Å²) in [4.78, 5) is 39.5. The molecule has 1 aliphatic rings. The lowest BCUT2D eigenvalue weighted by Crippen LogP contribution is -2.40. The Morgan fingerprint density at radius 3 is 2.48 bits per heavy atom. The first-order valence-electron chi connectivity index (χ1n) is 7.89. The average Bonchev–Trinajstić information content (AvgIpc) is 2.90. The molecule has 2 aromatic carbocycles. The number of hydrogen-bond donors (Lipinski definition) is 1. The van der Waals surface area contributed by atoms with E-state index in [0.29, 0.717) is 11.3 Å². The predicted molar refractivity (Wildman–Crippen MR) is 93.9 cm³/mol. The highest BCUT2D eigenvalue weighted by Gasteiger charge is 2.42. The summed E-state index contributed by atoms with van der Waals surface area (Å²) in [6, 6.07) is 13.2. The van der Waals surface area contributed by atoms with Crippen molar-refractivity contribution in [3.05, 3.63) is 59.7 Å². The highest BCUT2D eigenvalue weighted by molar-refractivity contribution is 6.23. The summed E-state index contributed by atoms with van der Waals surface area (Å²) in [6.45, 7) is 1.75. The van der Waals surface area contributed by atoms with Gasteiger partial charge in [-0.3, -0.25) is 9.59 Å². The Labute approximate surface area is 145 Å². The first-order chi connectivity index (χ1) is 11.9. The molecule has 1 aliphatic heterocycles. The van der Waals surface area contributed by atoms with E-state index in [0.717, 1.165) is 10.6 Å². The average molecular weight is 338 g/mol. The molecule has 25 heavy (non-hydrogen) atoms. The number of anilines is 2. The van der Waals surface area contributed by atoms with Gasteiger partial charge in [-0.1, -0.05) is 24.3 Å². The summed E-state index contributed by atoms with van der Waals surface area (Å²) in [6.07, 6.45) is 0.0565. The number of aryl methyl sites for hydroxylation is 1. The molecule has 1 unspecified atom stereocenters. The molecule has 1 heterocycles. The second-order valence-electron chi connectivity index (χ2n) is 6.04. The van der Waals surface area contributed by atoms with Crippen molar-refractivity contribution in [1.82, 2.24) is 0 Å². The number of hydrogen-bond acceptors (Lipinski definition) is 4. The number of para-hydroxylation sites is 1. The number of nitrogens with zero attached hydrogens (tertiary/aromatic N) is 2. The van der Waals surface area contributed by atoms with E-state index in [2.05, 4.69) is 0 Å². The first kappa shape index (κ1) is 16.7. The summed E-state index contributed by atoms with van der Waals surface area (Å²) in [7, 11) is 1.77. The molecule has 2 amide bonds. The van der Waals surface area contributed by atoms with Crippen molar-refractivity contribution in [1.29, 1.82) is 0 Å². The van der Waals surface area contributed by atoms with Crippen LogP contribution in [0.25, 0.3) is 0 Å². The minimum absolute atomic E-state index is 0.0427. The minimum atomic E-state index is -1.10. The third kappa shape index (κ3) is 2.98. The topological polar surface area (TPSA) is 77.9 Å². The lowest BCUT2D eigenvalue weighted by Gasteiger charge is -2.25. The van der Waals surface area contributed by atoms with Gasteiger partial charge < -0.3 is 10.0 Å². The zero-order valence-corrected chi connectivity index (χ0v) is 14.0. The summed E-state index contributed by atoms with van der Waals surface area (Å²) in [5.74, 6) is -1.77. The fourth-order valence-electron chi connectivity index (χ4n) is 3.00.